The maximum Gasteiger partial charge on any atom is 0.272 e. The van der Waals surface area contributed by atoms with Gasteiger partial charge in [0.05, 0.1) is 5.69 Å². The Hall–Kier alpha value is -1.58. The molecule has 0 unspecified atom stereocenters. The van der Waals surface area contributed by atoms with Crippen molar-refractivity contribution in [2.45, 2.75) is 39.5 Å². The van der Waals surface area contributed by atoms with Crippen LogP contribution >= 0.6 is 0 Å². The third kappa shape index (κ3) is 1.75. The predicted molar refractivity (Wildman–Crippen MR) is 63.9 cm³/mol. The van der Waals surface area contributed by atoms with Crippen molar-refractivity contribution in [1.82, 2.24) is 14.6 Å². The van der Waals surface area contributed by atoms with E-state index in [0.29, 0.717) is 5.65 Å². The van der Waals surface area contributed by atoms with E-state index in [-0.39, 0.29) is 11.0 Å². The van der Waals surface area contributed by atoms with Gasteiger partial charge in [-0.05, 0) is 6.42 Å². The van der Waals surface area contributed by atoms with Crippen molar-refractivity contribution in [3.63, 3.8) is 0 Å². The second-order valence-corrected chi connectivity index (χ2v) is 5.06. The number of aryl methyl sites for hydroxylation is 1. The molecule has 16 heavy (non-hydrogen) atoms. The number of aromatic amines is 1. The Morgan fingerprint density at radius 3 is 2.62 bits per heavy atom. The van der Waals surface area contributed by atoms with Crippen LogP contribution in [0, 0.1) is 0 Å². The summed E-state index contributed by atoms with van der Waals surface area (Å²) in [6.07, 6.45) is 0.869. The minimum absolute atomic E-state index is 0.0466. The Bertz CT molecular complexity index is 572. The molecule has 0 radical (unpaired) electrons. The van der Waals surface area contributed by atoms with Crippen LogP contribution in [0.25, 0.3) is 5.65 Å². The van der Waals surface area contributed by atoms with Gasteiger partial charge in [-0.3, -0.25) is 9.89 Å². The van der Waals surface area contributed by atoms with E-state index in [0.717, 1.165) is 17.8 Å². The maximum atomic E-state index is 11.9. The topological polar surface area (TPSA) is 50.2 Å². The van der Waals surface area contributed by atoms with E-state index < -0.39 is 0 Å². The largest absolute Gasteiger partial charge is 0.294 e. The molecular formula is C12H17N3O. The summed E-state index contributed by atoms with van der Waals surface area (Å²) in [6.45, 7) is 8.20. The second-order valence-electron chi connectivity index (χ2n) is 5.06. The molecule has 1 N–H and O–H groups in total. The molecule has 0 aliphatic heterocycles. The lowest BCUT2D eigenvalue weighted by Gasteiger charge is -2.16. The molecule has 2 heterocycles. The molecule has 0 amide bonds. The molecule has 2 rings (SSSR count). The minimum atomic E-state index is -0.0996. The molecule has 0 aromatic carbocycles. The van der Waals surface area contributed by atoms with E-state index in [1.54, 1.807) is 6.07 Å². The lowest BCUT2D eigenvalue weighted by atomic mass is 9.92. The number of aromatic nitrogens is 3. The van der Waals surface area contributed by atoms with Gasteiger partial charge in [-0.1, -0.05) is 27.7 Å². The minimum Gasteiger partial charge on any atom is -0.294 e. The number of nitrogens with zero attached hydrogens (tertiary/aromatic N) is 2. The summed E-state index contributed by atoms with van der Waals surface area (Å²) in [5, 5.41) is 3.03. The molecule has 0 spiro atoms. The normalized spacial score (nSPS) is 12.2. The van der Waals surface area contributed by atoms with Crippen LogP contribution in [0.3, 0.4) is 0 Å². The summed E-state index contributed by atoms with van der Waals surface area (Å²) in [5.41, 5.74) is 2.41. The Morgan fingerprint density at radius 2 is 2.06 bits per heavy atom. The van der Waals surface area contributed by atoms with Gasteiger partial charge in [-0.15, -0.1) is 0 Å². The van der Waals surface area contributed by atoms with Crippen molar-refractivity contribution in [3.8, 4) is 0 Å². The van der Waals surface area contributed by atoms with Gasteiger partial charge in [0.15, 0.2) is 5.65 Å². The zero-order chi connectivity index (χ0) is 11.9. The Morgan fingerprint density at radius 1 is 1.38 bits per heavy atom. The van der Waals surface area contributed by atoms with Crippen LogP contribution in [0.4, 0.5) is 0 Å². The highest BCUT2D eigenvalue weighted by atomic mass is 16.1. The van der Waals surface area contributed by atoms with E-state index in [1.807, 2.05) is 13.0 Å². The van der Waals surface area contributed by atoms with Crippen LogP contribution < -0.4 is 5.56 Å². The predicted octanol–water partition coefficient (Wildman–Crippen LogP) is 1.88. The SMILES string of the molecule is CCc1cc2nc(C(C)(C)C)cc(=O)n2[nH]1. The molecule has 0 aliphatic rings. The Balaban J connectivity index is 2.72. The molecule has 0 aliphatic carbocycles. The number of nitrogens with one attached hydrogen (secondary N) is 1. The quantitative estimate of drug-likeness (QED) is 0.796. The Kier molecular flexibility index (Phi) is 2.37. The van der Waals surface area contributed by atoms with Crippen molar-refractivity contribution in [1.29, 1.82) is 0 Å². The van der Waals surface area contributed by atoms with Crippen molar-refractivity contribution >= 4 is 5.65 Å². The highest BCUT2D eigenvalue weighted by Crippen LogP contribution is 2.19. The molecule has 86 valence electrons. The summed E-state index contributed by atoms with van der Waals surface area (Å²) in [6, 6.07) is 3.53. The van der Waals surface area contributed by atoms with Crippen molar-refractivity contribution < 1.29 is 0 Å². The van der Waals surface area contributed by atoms with Gasteiger partial charge in [0.25, 0.3) is 5.56 Å². The number of H-pyrrole nitrogens is 1. The van der Waals surface area contributed by atoms with Crippen LogP contribution in [0.2, 0.25) is 0 Å². The first-order valence-electron chi connectivity index (χ1n) is 5.54. The lowest BCUT2D eigenvalue weighted by molar-refractivity contribution is 0.566. The fourth-order valence-electron chi connectivity index (χ4n) is 1.61. The standard InChI is InChI=1S/C12H17N3O/c1-5-8-6-10-13-9(12(2,3)4)7-11(16)15(10)14-8/h6-7,14H,5H2,1-4H3. The molecule has 0 atom stereocenters. The van der Waals surface area contributed by atoms with Gasteiger partial charge in [0.2, 0.25) is 0 Å². The summed E-state index contributed by atoms with van der Waals surface area (Å²) in [4.78, 5) is 16.4. The van der Waals surface area contributed by atoms with Gasteiger partial charge in [-0.2, -0.15) is 0 Å². The molecule has 2 aromatic heterocycles. The number of rotatable bonds is 1. The molecule has 0 bridgehead atoms. The molecule has 2 aromatic rings. The van der Waals surface area contributed by atoms with Crippen molar-refractivity contribution in [3.05, 3.63) is 33.9 Å². The van der Waals surface area contributed by atoms with Crippen molar-refractivity contribution in [2.24, 2.45) is 0 Å². The zero-order valence-electron chi connectivity index (χ0n) is 10.2. The monoisotopic (exact) mass is 219 g/mol. The summed E-state index contributed by atoms with van der Waals surface area (Å²) < 4.78 is 1.49. The van der Waals surface area contributed by atoms with E-state index in [9.17, 15) is 4.79 Å². The summed E-state index contributed by atoms with van der Waals surface area (Å²) in [7, 11) is 0. The molecular weight excluding hydrogens is 202 g/mol. The third-order valence-electron chi connectivity index (χ3n) is 2.65. The molecule has 0 saturated carbocycles. The van der Waals surface area contributed by atoms with Gasteiger partial charge in [0.1, 0.15) is 0 Å². The number of hydrogen-bond acceptors (Lipinski definition) is 2. The smallest absolute Gasteiger partial charge is 0.272 e. The van der Waals surface area contributed by atoms with Crippen LogP contribution in [0.5, 0.6) is 0 Å². The summed E-state index contributed by atoms with van der Waals surface area (Å²) >= 11 is 0. The highest BCUT2D eigenvalue weighted by molar-refractivity contribution is 5.40. The van der Waals surface area contributed by atoms with Gasteiger partial charge in [-0.25, -0.2) is 9.50 Å². The first-order valence-corrected chi connectivity index (χ1v) is 5.54. The molecule has 0 saturated heterocycles. The first-order chi connectivity index (χ1) is 7.41. The third-order valence-corrected chi connectivity index (χ3v) is 2.65. The van der Waals surface area contributed by atoms with Crippen LogP contribution in [0.1, 0.15) is 39.1 Å². The fraction of sp³-hybridized carbons (Fsp3) is 0.500. The van der Waals surface area contributed by atoms with Gasteiger partial charge >= 0.3 is 0 Å². The fourth-order valence-corrected chi connectivity index (χ4v) is 1.61. The average molecular weight is 219 g/mol. The first kappa shape index (κ1) is 10.9. The van der Waals surface area contributed by atoms with Crippen molar-refractivity contribution in [2.75, 3.05) is 0 Å². The summed E-state index contributed by atoms with van der Waals surface area (Å²) in [5.74, 6) is 0. The average Bonchev–Trinajstić information content (AvgIpc) is 2.59. The molecule has 0 fully saturated rings. The van der Waals surface area contributed by atoms with E-state index >= 15 is 0 Å². The Labute approximate surface area is 94.3 Å². The lowest BCUT2D eigenvalue weighted by Crippen LogP contribution is -2.22. The second kappa shape index (κ2) is 3.47. The van der Waals surface area contributed by atoms with E-state index in [2.05, 4.69) is 30.9 Å². The highest BCUT2D eigenvalue weighted by Gasteiger charge is 2.17. The van der Waals surface area contributed by atoms with Crippen LogP contribution in [-0.2, 0) is 11.8 Å². The number of fused-ring (bicyclic) bond motifs is 1. The van der Waals surface area contributed by atoms with Crippen LogP contribution in [0.15, 0.2) is 16.9 Å². The van der Waals surface area contributed by atoms with E-state index in [1.165, 1.54) is 4.52 Å². The zero-order valence-corrected chi connectivity index (χ0v) is 10.2. The maximum absolute atomic E-state index is 11.9. The number of hydrogen-bond donors (Lipinski definition) is 1. The molecule has 4 heteroatoms. The van der Waals surface area contributed by atoms with Crippen LogP contribution in [-0.4, -0.2) is 14.6 Å². The van der Waals surface area contributed by atoms with Gasteiger partial charge < -0.3 is 0 Å². The molecule has 4 nitrogen and oxygen atoms in total. The van der Waals surface area contributed by atoms with Gasteiger partial charge in [0, 0.05) is 23.2 Å². The van der Waals surface area contributed by atoms with E-state index in [4.69, 9.17) is 0 Å².